The molecule has 3 fully saturated rings. The summed E-state index contributed by atoms with van der Waals surface area (Å²) in [4.78, 5) is 17.5. The molecule has 3 aliphatic rings. The highest BCUT2D eigenvalue weighted by Gasteiger charge is 2.39. The van der Waals surface area contributed by atoms with Crippen molar-refractivity contribution in [2.24, 2.45) is 11.8 Å². The standard InChI is InChI=1S/C21H31N3O/c1-23-11-13-24(14-12-23)15-16-5-7-18(8-6-16)21(25)22-20-10-9-17-3-2-4-19(17)20/h5-8,17,19-20H,2-4,9-15H2,1H3,(H,22,25)/t17-,19-,20-/m0/s1. The minimum atomic E-state index is 0.115. The van der Waals surface area contributed by atoms with Gasteiger partial charge < -0.3 is 10.2 Å². The van der Waals surface area contributed by atoms with Gasteiger partial charge in [0.05, 0.1) is 0 Å². The number of fused-ring (bicyclic) bond motifs is 1. The lowest BCUT2D eigenvalue weighted by molar-refractivity contribution is 0.0926. The Balaban J connectivity index is 1.31. The van der Waals surface area contributed by atoms with E-state index in [1.54, 1.807) is 0 Å². The monoisotopic (exact) mass is 341 g/mol. The van der Waals surface area contributed by atoms with Gasteiger partial charge in [0, 0.05) is 44.3 Å². The van der Waals surface area contributed by atoms with E-state index < -0.39 is 0 Å². The van der Waals surface area contributed by atoms with Crippen LogP contribution in [0.15, 0.2) is 24.3 Å². The Hall–Kier alpha value is -1.39. The number of carbonyl (C=O) groups is 1. The summed E-state index contributed by atoms with van der Waals surface area (Å²) in [6, 6.07) is 8.66. The van der Waals surface area contributed by atoms with Gasteiger partial charge in [-0.15, -0.1) is 0 Å². The molecule has 4 heteroatoms. The molecule has 136 valence electrons. The predicted molar refractivity (Wildman–Crippen MR) is 101 cm³/mol. The summed E-state index contributed by atoms with van der Waals surface area (Å²) in [6.07, 6.45) is 6.50. The number of benzene rings is 1. The molecule has 4 rings (SSSR count). The summed E-state index contributed by atoms with van der Waals surface area (Å²) in [5.74, 6) is 1.72. The third-order valence-corrected chi connectivity index (χ3v) is 6.62. The Morgan fingerprint density at radius 2 is 1.80 bits per heavy atom. The zero-order chi connectivity index (χ0) is 17.2. The second kappa shape index (κ2) is 7.46. The van der Waals surface area contributed by atoms with E-state index in [0.717, 1.165) is 50.1 Å². The van der Waals surface area contributed by atoms with Crippen LogP contribution in [0.1, 0.15) is 48.0 Å². The van der Waals surface area contributed by atoms with Crippen LogP contribution in [0.5, 0.6) is 0 Å². The summed E-state index contributed by atoms with van der Waals surface area (Å²) in [5, 5.41) is 3.32. The zero-order valence-electron chi connectivity index (χ0n) is 15.4. The number of piperazine rings is 1. The average Bonchev–Trinajstić information content (AvgIpc) is 3.23. The maximum absolute atomic E-state index is 12.6. The number of carbonyl (C=O) groups excluding carboxylic acids is 1. The van der Waals surface area contributed by atoms with E-state index >= 15 is 0 Å². The molecule has 1 aromatic carbocycles. The molecular weight excluding hydrogens is 310 g/mol. The quantitative estimate of drug-likeness (QED) is 0.915. The lowest BCUT2D eigenvalue weighted by atomic mass is 9.97. The fraction of sp³-hybridized carbons (Fsp3) is 0.667. The van der Waals surface area contributed by atoms with E-state index in [0.29, 0.717) is 6.04 Å². The smallest absolute Gasteiger partial charge is 0.251 e. The number of hydrogen-bond acceptors (Lipinski definition) is 3. The zero-order valence-corrected chi connectivity index (χ0v) is 15.4. The molecule has 0 unspecified atom stereocenters. The first-order chi connectivity index (χ1) is 12.2. The van der Waals surface area contributed by atoms with Crippen LogP contribution < -0.4 is 5.32 Å². The van der Waals surface area contributed by atoms with Gasteiger partial charge in [0.2, 0.25) is 0 Å². The Bertz CT molecular complexity index is 592. The third kappa shape index (κ3) is 3.90. The molecule has 1 amide bonds. The van der Waals surface area contributed by atoms with Crippen molar-refractivity contribution in [3.05, 3.63) is 35.4 Å². The number of nitrogens with zero attached hydrogens (tertiary/aromatic N) is 2. The number of rotatable bonds is 4. The average molecular weight is 341 g/mol. The second-order valence-electron chi connectivity index (χ2n) is 8.29. The molecule has 1 aromatic rings. The SMILES string of the molecule is CN1CCN(Cc2ccc(C(=O)N[C@H]3CC[C@@H]4CCC[C@@H]43)cc2)CC1. The Labute approximate surface area is 151 Å². The molecule has 1 saturated heterocycles. The Morgan fingerprint density at radius 3 is 2.56 bits per heavy atom. The van der Waals surface area contributed by atoms with Gasteiger partial charge in [0.25, 0.3) is 5.91 Å². The van der Waals surface area contributed by atoms with Gasteiger partial charge in [0.1, 0.15) is 0 Å². The highest BCUT2D eigenvalue weighted by Crippen LogP contribution is 2.44. The largest absolute Gasteiger partial charge is 0.349 e. The van der Waals surface area contributed by atoms with Crippen LogP contribution in [0.25, 0.3) is 0 Å². The first-order valence-electron chi connectivity index (χ1n) is 10.00. The van der Waals surface area contributed by atoms with Crippen molar-refractivity contribution < 1.29 is 4.79 Å². The van der Waals surface area contributed by atoms with Crippen LogP contribution in [0.3, 0.4) is 0 Å². The number of amides is 1. The highest BCUT2D eigenvalue weighted by atomic mass is 16.1. The molecule has 3 atom stereocenters. The molecule has 1 aliphatic heterocycles. The Kier molecular flexibility index (Phi) is 5.09. The van der Waals surface area contributed by atoms with Crippen molar-refractivity contribution in [2.75, 3.05) is 33.2 Å². The summed E-state index contributed by atoms with van der Waals surface area (Å²) in [5.41, 5.74) is 2.11. The van der Waals surface area contributed by atoms with E-state index in [1.165, 1.54) is 37.7 Å². The van der Waals surface area contributed by atoms with Crippen LogP contribution in [-0.4, -0.2) is 55.0 Å². The second-order valence-corrected chi connectivity index (χ2v) is 8.29. The van der Waals surface area contributed by atoms with Crippen molar-refractivity contribution in [3.63, 3.8) is 0 Å². The van der Waals surface area contributed by atoms with Crippen molar-refractivity contribution >= 4 is 5.91 Å². The third-order valence-electron chi connectivity index (χ3n) is 6.62. The van der Waals surface area contributed by atoms with Gasteiger partial charge in [-0.25, -0.2) is 0 Å². The van der Waals surface area contributed by atoms with Gasteiger partial charge in [-0.1, -0.05) is 25.0 Å². The number of nitrogens with one attached hydrogen (secondary N) is 1. The molecule has 0 radical (unpaired) electrons. The molecule has 0 bridgehead atoms. The van der Waals surface area contributed by atoms with Gasteiger partial charge in [-0.05, 0) is 55.8 Å². The minimum Gasteiger partial charge on any atom is -0.349 e. The van der Waals surface area contributed by atoms with Crippen LogP contribution in [-0.2, 0) is 6.54 Å². The topological polar surface area (TPSA) is 35.6 Å². The molecule has 0 aromatic heterocycles. The lowest BCUT2D eigenvalue weighted by Crippen LogP contribution is -2.43. The molecule has 2 saturated carbocycles. The van der Waals surface area contributed by atoms with Gasteiger partial charge in [-0.2, -0.15) is 0 Å². The highest BCUT2D eigenvalue weighted by molar-refractivity contribution is 5.94. The minimum absolute atomic E-state index is 0.115. The summed E-state index contributed by atoms with van der Waals surface area (Å²) < 4.78 is 0. The maximum Gasteiger partial charge on any atom is 0.251 e. The predicted octanol–water partition coefficient (Wildman–Crippen LogP) is 2.74. The molecule has 0 spiro atoms. The fourth-order valence-electron chi connectivity index (χ4n) is 5.02. The van der Waals surface area contributed by atoms with Crippen molar-refractivity contribution in [3.8, 4) is 0 Å². The summed E-state index contributed by atoms with van der Waals surface area (Å²) >= 11 is 0. The first kappa shape index (κ1) is 17.0. The maximum atomic E-state index is 12.6. The van der Waals surface area contributed by atoms with Gasteiger partial charge in [0.15, 0.2) is 0 Å². The van der Waals surface area contributed by atoms with E-state index in [2.05, 4.69) is 34.3 Å². The van der Waals surface area contributed by atoms with E-state index in [-0.39, 0.29) is 5.91 Å². The molecule has 25 heavy (non-hydrogen) atoms. The van der Waals surface area contributed by atoms with Crippen LogP contribution >= 0.6 is 0 Å². The van der Waals surface area contributed by atoms with Gasteiger partial charge in [-0.3, -0.25) is 9.69 Å². The van der Waals surface area contributed by atoms with Crippen LogP contribution in [0.2, 0.25) is 0 Å². The van der Waals surface area contributed by atoms with E-state index in [4.69, 9.17) is 0 Å². The van der Waals surface area contributed by atoms with Crippen LogP contribution in [0, 0.1) is 11.8 Å². The Morgan fingerprint density at radius 1 is 1.04 bits per heavy atom. The van der Waals surface area contributed by atoms with Crippen LogP contribution in [0.4, 0.5) is 0 Å². The van der Waals surface area contributed by atoms with Gasteiger partial charge >= 0.3 is 0 Å². The molecule has 1 N–H and O–H groups in total. The number of likely N-dealkylation sites (N-methyl/N-ethyl adjacent to an activating group) is 1. The summed E-state index contributed by atoms with van der Waals surface area (Å²) in [7, 11) is 2.18. The molecule has 2 aliphatic carbocycles. The molecular formula is C21H31N3O. The summed E-state index contributed by atoms with van der Waals surface area (Å²) in [6.45, 7) is 5.53. The van der Waals surface area contributed by atoms with Crippen molar-refractivity contribution in [1.82, 2.24) is 15.1 Å². The first-order valence-corrected chi connectivity index (χ1v) is 10.00. The van der Waals surface area contributed by atoms with Crippen molar-refractivity contribution in [2.45, 2.75) is 44.7 Å². The fourth-order valence-corrected chi connectivity index (χ4v) is 5.02. The lowest BCUT2D eigenvalue weighted by Gasteiger charge is -2.32. The molecule has 4 nitrogen and oxygen atoms in total. The number of hydrogen-bond donors (Lipinski definition) is 1. The normalized spacial score (nSPS) is 30.4. The van der Waals surface area contributed by atoms with Crippen molar-refractivity contribution in [1.29, 1.82) is 0 Å². The van der Waals surface area contributed by atoms with E-state index in [1.807, 2.05) is 12.1 Å². The molecule has 1 heterocycles. The van der Waals surface area contributed by atoms with E-state index in [9.17, 15) is 4.79 Å².